The van der Waals surface area contributed by atoms with Crippen molar-refractivity contribution in [2.75, 3.05) is 0 Å². The first kappa shape index (κ1) is 25.6. The average molecular weight is 422 g/mol. The molecule has 1 aromatic carbocycles. The first-order valence-corrected chi connectivity index (χ1v) is 10.5. The largest absolute Gasteiger partial charge is 0.480 e. The Labute approximate surface area is 178 Å². The molecule has 7 heteroatoms. The van der Waals surface area contributed by atoms with Crippen molar-refractivity contribution < 1.29 is 29.0 Å². The molecule has 0 bridgehead atoms. The summed E-state index contributed by atoms with van der Waals surface area (Å²) in [5, 5.41) is 9.07. The minimum absolute atomic E-state index is 0.0502. The molecule has 168 valence electrons. The fourth-order valence-electron chi connectivity index (χ4n) is 2.71. The van der Waals surface area contributed by atoms with Gasteiger partial charge in [0.2, 0.25) is 0 Å². The molecule has 3 N–H and O–H groups in total. The predicted molar refractivity (Wildman–Crippen MR) is 114 cm³/mol. The number of carbonyl (C=O) groups excluding carboxylic acids is 2. The third-order valence-corrected chi connectivity index (χ3v) is 6.29. The molecule has 0 amide bonds. The minimum Gasteiger partial charge on any atom is -0.480 e. The van der Waals surface area contributed by atoms with Gasteiger partial charge in [0.05, 0.1) is 10.8 Å². The molecule has 1 atom stereocenters. The zero-order valence-corrected chi connectivity index (χ0v) is 18.9. The van der Waals surface area contributed by atoms with Gasteiger partial charge in [0.1, 0.15) is 6.04 Å². The summed E-state index contributed by atoms with van der Waals surface area (Å²) in [4.78, 5) is 36.6. The molecule has 1 rings (SSSR count). The molecule has 0 aliphatic carbocycles. The predicted octanol–water partition coefficient (Wildman–Crippen LogP) is 4.10. The van der Waals surface area contributed by atoms with Crippen LogP contribution < -0.4 is 15.2 Å². The van der Waals surface area contributed by atoms with Crippen molar-refractivity contribution in [2.24, 2.45) is 16.6 Å². The fourth-order valence-corrected chi connectivity index (χ4v) is 2.71. The summed E-state index contributed by atoms with van der Waals surface area (Å²) in [6.45, 7) is 11.3. The van der Waals surface area contributed by atoms with Crippen LogP contribution in [0.5, 0.6) is 11.5 Å². The SMILES string of the molecule is CCC(C)(CC)C(=O)Oc1ccc(C[C@H](N)C(=O)O)cc1OC(=O)C(C)(CC)CC. The van der Waals surface area contributed by atoms with E-state index in [0.717, 1.165) is 0 Å². The van der Waals surface area contributed by atoms with E-state index in [1.54, 1.807) is 6.07 Å². The van der Waals surface area contributed by atoms with Gasteiger partial charge in [0.25, 0.3) is 0 Å². The smallest absolute Gasteiger partial charge is 0.320 e. The highest BCUT2D eigenvalue weighted by Gasteiger charge is 2.34. The van der Waals surface area contributed by atoms with Gasteiger partial charge < -0.3 is 20.3 Å². The molecule has 1 aromatic rings. The van der Waals surface area contributed by atoms with E-state index < -0.39 is 34.8 Å². The second kappa shape index (κ2) is 10.6. The first-order valence-electron chi connectivity index (χ1n) is 10.5. The number of nitrogens with two attached hydrogens (primary N) is 1. The van der Waals surface area contributed by atoms with Gasteiger partial charge >= 0.3 is 17.9 Å². The Morgan fingerprint density at radius 3 is 1.73 bits per heavy atom. The molecule has 0 aliphatic heterocycles. The molecule has 0 aromatic heterocycles. The molecule has 0 spiro atoms. The Kier molecular flexibility index (Phi) is 9.03. The Balaban J connectivity index is 3.31. The number of hydrogen-bond donors (Lipinski definition) is 2. The molecule has 0 unspecified atom stereocenters. The maximum absolute atomic E-state index is 12.8. The van der Waals surface area contributed by atoms with Crippen LogP contribution in [0.1, 0.15) is 72.8 Å². The van der Waals surface area contributed by atoms with Gasteiger partial charge in [-0.25, -0.2) is 0 Å². The van der Waals surface area contributed by atoms with Crippen molar-refractivity contribution in [1.82, 2.24) is 0 Å². The maximum atomic E-state index is 12.8. The lowest BCUT2D eigenvalue weighted by Gasteiger charge is -2.26. The molecule has 0 heterocycles. The van der Waals surface area contributed by atoms with Crippen molar-refractivity contribution >= 4 is 17.9 Å². The molecular weight excluding hydrogens is 386 g/mol. The van der Waals surface area contributed by atoms with E-state index in [1.807, 2.05) is 41.5 Å². The Morgan fingerprint density at radius 1 is 0.900 bits per heavy atom. The normalized spacial score (nSPS) is 12.9. The highest BCUT2D eigenvalue weighted by molar-refractivity contribution is 5.82. The molecule has 0 fully saturated rings. The van der Waals surface area contributed by atoms with Gasteiger partial charge in [-0.05, 0) is 63.6 Å². The number of carbonyl (C=O) groups is 3. The summed E-state index contributed by atoms with van der Waals surface area (Å²) >= 11 is 0. The summed E-state index contributed by atoms with van der Waals surface area (Å²) in [6.07, 6.45) is 2.43. The Hall–Kier alpha value is -2.41. The van der Waals surface area contributed by atoms with Crippen LogP contribution in [0.15, 0.2) is 18.2 Å². The highest BCUT2D eigenvalue weighted by Crippen LogP contribution is 2.36. The summed E-state index contributed by atoms with van der Waals surface area (Å²) < 4.78 is 11.3. The summed E-state index contributed by atoms with van der Waals surface area (Å²) in [5.74, 6) is -1.75. The molecule has 0 saturated carbocycles. The van der Waals surface area contributed by atoms with E-state index in [-0.39, 0.29) is 17.9 Å². The van der Waals surface area contributed by atoms with E-state index in [1.165, 1.54) is 12.1 Å². The van der Waals surface area contributed by atoms with Gasteiger partial charge in [0, 0.05) is 0 Å². The van der Waals surface area contributed by atoms with Gasteiger partial charge in [-0.3, -0.25) is 14.4 Å². The van der Waals surface area contributed by atoms with Crippen LogP contribution in [0.4, 0.5) is 0 Å². The second-order valence-corrected chi connectivity index (χ2v) is 8.24. The fraction of sp³-hybridized carbons (Fsp3) is 0.609. The number of ether oxygens (including phenoxy) is 2. The van der Waals surface area contributed by atoms with Crippen molar-refractivity contribution in [1.29, 1.82) is 0 Å². The van der Waals surface area contributed by atoms with Crippen LogP contribution in [0.3, 0.4) is 0 Å². The zero-order chi connectivity index (χ0) is 23.1. The monoisotopic (exact) mass is 421 g/mol. The lowest BCUT2D eigenvalue weighted by atomic mass is 9.85. The molecule has 30 heavy (non-hydrogen) atoms. The number of hydrogen-bond acceptors (Lipinski definition) is 6. The quantitative estimate of drug-likeness (QED) is 0.408. The van der Waals surface area contributed by atoms with Crippen LogP contribution in [-0.4, -0.2) is 29.1 Å². The van der Waals surface area contributed by atoms with E-state index >= 15 is 0 Å². The molecule has 0 radical (unpaired) electrons. The van der Waals surface area contributed by atoms with Gasteiger partial charge in [-0.15, -0.1) is 0 Å². The lowest BCUT2D eigenvalue weighted by Crippen LogP contribution is -2.33. The number of aliphatic carboxylic acids is 1. The summed E-state index contributed by atoms with van der Waals surface area (Å²) in [6, 6.07) is 3.56. The van der Waals surface area contributed by atoms with Crippen molar-refractivity contribution in [3.8, 4) is 11.5 Å². The van der Waals surface area contributed by atoms with E-state index in [0.29, 0.717) is 31.2 Å². The highest BCUT2D eigenvalue weighted by atomic mass is 16.6. The number of benzene rings is 1. The first-order chi connectivity index (χ1) is 14.0. The van der Waals surface area contributed by atoms with Crippen molar-refractivity contribution in [3.05, 3.63) is 23.8 Å². The van der Waals surface area contributed by atoms with Gasteiger partial charge in [0.15, 0.2) is 11.5 Å². The van der Waals surface area contributed by atoms with E-state index in [4.69, 9.17) is 20.3 Å². The molecule has 0 aliphatic rings. The number of rotatable bonds is 11. The van der Waals surface area contributed by atoms with Crippen LogP contribution in [0, 0.1) is 10.8 Å². The molecule has 0 saturated heterocycles. The third kappa shape index (κ3) is 6.05. The van der Waals surface area contributed by atoms with E-state index in [9.17, 15) is 14.4 Å². The zero-order valence-electron chi connectivity index (χ0n) is 18.9. The standard InChI is InChI=1S/C23H35NO6/c1-7-22(5,8-2)20(27)29-17-12-11-15(13-16(24)19(25)26)14-18(17)30-21(28)23(6,9-3)10-4/h11-12,14,16H,7-10,13,24H2,1-6H3,(H,25,26)/t16-/m0/s1. The molecule has 7 nitrogen and oxygen atoms in total. The Bertz CT molecular complexity index is 765. The molecular formula is C23H35NO6. The summed E-state index contributed by atoms with van der Waals surface area (Å²) in [5.41, 5.74) is 4.85. The summed E-state index contributed by atoms with van der Waals surface area (Å²) in [7, 11) is 0. The van der Waals surface area contributed by atoms with Crippen molar-refractivity contribution in [3.63, 3.8) is 0 Å². The van der Waals surface area contributed by atoms with Crippen LogP contribution in [-0.2, 0) is 20.8 Å². The second-order valence-electron chi connectivity index (χ2n) is 8.24. The number of esters is 2. The van der Waals surface area contributed by atoms with Crippen LogP contribution >= 0.6 is 0 Å². The van der Waals surface area contributed by atoms with Crippen LogP contribution in [0.2, 0.25) is 0 Å². The third-order valence-electron chi connectivity index (χ3n) is 6.29. The van der Waals surface area contributed by atoms with E-state index in [2.05, 4.69) is 0 Å². The number of carboxylic acid groups (broad SMARTS) is 1. The minimum atomic E-state index is -1.13. The maximum Gasteiger partial charge on any atom is 0.320 e. The van der Waals surface area contributed by atoms with Crippen LogP contribution in [0.25, 0.3) is 0 Å². The lowest BCUT2D eigenvalue weighted by molar-refractivity contribution is -0.148. The average Bonchev–Trinajstić information content (AvgIpc) is 2.73. The van der Waals surface area contributed by atoms with Gasteiger partial charge in [-0.1, -0.05) is 33.8 Å². The number of carboxylic acids is 1. The van der Waals surface area contributed by atoms with Crippen molar-refractivity contribution in [2.45, 2.75) is 79.7 Å². The Morgan fingerprint density at radius 2 is 1.33 bits per heavy atom. The topological polar surface area (TPSA) is 116 Å². The van der Waals surface area contributed by atoms with Gasteiger partial charge in [-0.2, -0.15) is 0 Å².